The molecule has 0 saturated heterocycles. The Hall–Kier alpha value is -1.59. The van der Waals surface area contributed by atoms with Crippen LogP contribution in [0.3, 0.4) is 0 Å². The number of rotatable bonds is 6. The predicted molar refractivity (Wildman–Crippen MR) is 78.4 cm³/mol. The first-order chi connectivity index (χ1) is 9.52. The Morgan fingerprint density at radius 1 is 1.25 bits per heavy atom. The standard InChI is InChI=1S/C15H19NO3S/c1-3-8-16-15(13-7-9-19-11-13)12-5-4-6-14(10-12)20(2,17)18/h4-7,9-11,15-16H,3,8H2,1-2H3. The van der Waals surface area contributed by atoms with Crippen molar-refractivity contribution in [1.82, 2.24) is 5.32 Å². The van der Waals surface area contributed by atoms with Crippen LogP contribution in [0.15, 0.2) is 52.2 Å². The third-order valence-corrected chi connectivity index (χ3v) is 4.20. The number of sulfone groups is 1. The van der Waals surface area contributed by atoms with E-state index in [2.05, 4.69) is 12.2 Å². The van der Waals surface area contributed by atoms with Gasteiger partial charge in [0.1, 0.15) is 0 Å². The van der Waals surface area contributed by atoms with Crippen molar-refractivity contribution < 1.29 is 12.8 Å². The van der Waals surface area contributed by atoms with Crippen molar-refractivity contribution in [2.24, 2.45) is 0 Å². The van der Waals surface area contributed by atoms with Gasteiger partial charge in [-0.1, -0.05) is 19.1 Å². The van der Waals surface area contributed by atoms with Gasteiger partial charge in [-0.05, 0) is 36.7 Å². The van der Waals surface area contributed by atoms with Crippen LogP contribution in [0.5, 0.6) is 0 Å². The van der Waals surface area contributed by atoms with Crippen molar-refractivity contribution in [3.63, 3.8) is 0 Å². The van der Waals surface area contributed by atoms with E-state index in [1.807, 2.05) is 12.1 Å². The van der Waals surface area contributed by atoms with E-state index in [1.165, 1.54) is 6.26 Å². The molecule has 108 valence electrons. The average molecular weight is 293 g/mol. The van der Waals surface area contributed by atoms with Crippen molar-refractivity contribution in [3.8, 4) is 0 Å². The molecule has 0 bridgehead atoms. The van der Waals surface area contributed by atoms with Gasteiger partial charge in [0.2, 0.25) is 0 Å². The van der Waals surface area contributed by atoms with Gasteiger partial charge < -0.3 is 9.73 Å². The fourth-order valence-corrected chi connectivity index (χ4v) is 2.76. The van der Waals surface area contributed by atoms with Gasteiger partial charge in [-0.25, -0.2) is 8.42 Å². The van der Waals surface area contributed by atoms with Gasteiger partial charge in [0.25, 0.3) is 0 Å². The van der Waals surface area contributed by atoms with Crippen molar-refractivity contribution in [2.45, 2.75) is 24.3 Å². The molecule has 1 aromatic carbocycles. The summed E-state index contributed by atoms with van der Waals surface area (Å²) in [6.45, 7) is 2.94. The summed E-state index contributed by atoms with van der Waals surface area (Å²) in [4.78, 5) is 0.335. The lowest BCUT2D eigenvalue weighted by atomic mass is 10.0. The zero-order valence-corrected chi connectivity index (χ0v) is 12.5. The van der Waals surface area contributed by atoms with E-state index in [4.69, 9.17) is 4.42 Å². The normalized spacial score (nSPS) is 13.3. The maximum atomic E-state index is 11.7. The number of nitrogens with one attached hydrogen (secondary N) is 1. The summed E-state index contributed by atoms with van der Waals surface area (Å²) in [7, 11) is -3.20. The van der Waals surface area contributed by atoms with Crippen LogP contribution in [-0.4, -0.2) is 21.2 Å². The number of furan rings is 1. The second kappa shape index (κ2) is 6.24. The molecule has 1 heterocycles. The van der Waals surface area contributed by atoms with E-state index in [0.717, 1.165) is 24.1 Å². The average Bonchev–Trinajstić information content (AvgIpc) is 2.92. The molecule has 1 atom stereocenters. The van der Waals surface area contributed by atoms with Gasteiger partial charge >= 0.3 is 0 Å². The highest BCUT2D eigenvalue weighted by Crippen LogP contribution is 2.24. The van der Waals surface area contributed by atoms with Gasteiger partial charge in [0, 0.05) is 11.8 Å². The second-order valence-corrected chi connectivity index (χ2v) is 6.80. The smallest absolute Gasteiger partial charge is 0.175 e. The van der Waals surface area contributed by atoms with E-state index in [1.54, 1.807) is 30.7 Å². The van der Waals surface area contributed by atoms with Crippen LogP contribution in [0.25, 0.3) is 0 Å². The Kier molecular flexibility index (Phi) is 4.62. The van der Waals surface area contributed by atoms with Crippen LogP contribution in [0.1, 0.15) is 30.5 Å². The molecule has 1 unspecified atom stereocenters. The molecule has 20 heavy (non-hydrogen) atoms. The van der Waals surface area contributed by atoms with Crippen LogP contribution in [0.4, 0.5) is 0 Å². The Bertz CT molecular complexity index is 648. The second-order valence-electron chi connectivity index (χ2n) is 4.79. The minimum Gasteiger partial charge on any atom is -0.472 e. The molecule has 1 aromatic heterocycles. The summed E-state index contributed by atoms with van der Waals surface area (Å²) in [6.07, 6.45) is 5.52. The van der Waals surface area contributed by atoms with E-state index < -0.39 is 9.84 Å². The molecule has 0 amide bonds. The molecule has 0 radical (unpaired) electrons. The van der Waals surface area contributed by atoms with Gasteiger partial charge in [-0.2, -0.15) is 0 Å². The quantitative estimate of drug-likeness (QED) is 0.889. The van der Waals surface area contributed by atoms with Gasteiger partial charge in [0.05, 0.1) is 23.5 Å². The zero-order valence-electron chi connectivity index (χ0n) is 11.7. The minimum absolute atomic E-state index is 0.0598. The molecule has 4 nitrogen and oxygen atoms in total. The fraction of sp³-hybridized carbons (Fsp3) is 0.333. The van der Waals surface area contributed by atoms with E-state index >= 15 is 0 Å². The van der Waals surface area contributed by atoms with E-state index in [-0.39, 0.29) is 6.04 Å². The lowest BCUT2D eigenvalue weighted by Crippen LogP contribution is -2.23. The lowest BCUT2D eigenvalue weighted by Gasteiger charge is -2.18. The van der Waals surface area contributed by atoms with Crippen LogP contribution < -0.4 is 5.32 Å². The molecule has 0 saturated carbocycles. The Morgan fingerprint density at radius 3 is 2.65 bits per heavy atom. The summed E-state index contributed by atoms with van der Waals surface area (Å²) >= 11 is 0. The van der Waals surface area contributed by atoms with Crippen LogP contribution in [0.2, 0.25) is 0 Å². The third kappa shape index (κ3) is 3.49. The van der Waals surface area contributed by atoms with Crippen molar-refractivity contribution in [1.29, 1.82) is 0 Å². The topological polar surface area (TPSA) is 59.3 Å². The van der Waals surface area contributed by atoms with Crippen molar-refractivity contribution in [3.05, 3.63) is 54.0 Å². The number of benzene rings is 1. The lowest BCUT2D eigenvalue weighted by molar-refractivity contribution is 0.548. The molecule has 0 spiro atoms. The zero-order chi connectivity index (χ0) is 14.6. The fourth-order valence-electron chi connectivity index (χ4n) is 2.08. The highest BCUT2D eigenvalue weighted by Gasteiger charge is 2.16. The highest BCUT2D eigenvalue weighted by molar-refractivity contribution is 7.90. The van der Waals surface area contributed by atoms with Gasteiger partial charge in [-0.3, -0.25) is 0 Å². The SMILES string of the molecule is CCCNC(c1ccoc1)c1cccc(S(C)(=O)=O)c1. The molecule has 0 aliphatic carbocycles. The van der Waals surface area contributed by atoms with Crippen molar-refractivity contribution in [2.75, 3.05) is 12.8 Å². The molecule has 0 fully saturated rings. The Morgan fingerprint density at radius 2 is 2.05 bits per heavy atom. The summed E-state index contributed by atoms with van der Waals surface area (Å²) in [5.41, 5.74) is 1.91. The molecule has 5 heteroatoms. The van der Waals surface area contributed by atoms with Crippen LogP contribution >= 0.6 is 0 Å². The van der Waals surface area contributed by atoms with Crippen LogP contribution in [0, 0.1) is 0 Å². The molecule has 0 aliphatic heterocycles. The van der Waals surface area contributed by atoms with E-state index in [9.17, 15) is 8.42 Å². The van der Waals surface area contributed by atoms with E-state index in [0.29, 0.717) is 4.90 Å². The third-order valence-electron chi connectivity index (χ3n) is 3.09. The molecular formula is C15H19NO3S. The monoisotopic (exact) mass is 293 g/mol. The largest absolute Gasteiger partial charge is 0.472 e. The summed E-state index contributed by atoms with van der Waals surface area (Å²) in [5.74, 6) is 0. The summed E-state index contributed by atoms with van der Waals surface area (Å²) < 4.78 is 28.5. The maximum absolute atomic E-state index is 11.7. The summed E-state index contributed by atoms with van der Waals surface area (Å²) in [6, 6.07) is 8.86. The number of hydrogen-bond donors (Lipinski definition) is 1. The first-order valence-electron chi connectivity index (χ1n) is 6.58. The van der Waals surface area contributed by atoms with Gasteiger partial charge in [0.15, 0.2) is 9.84 Å². The molecule has 2 rings (SSSR count). The maximum Gasteiger partial charge on any atom is 0.175 e. The molecular weight excluding hydrogens is 274 g/mol. The minimum atomic E-state index is -3.20. The summed E-state index contributed by atoms with van der Waals surface area (Å²) in [5, 5.41) is 3.41. The number of hydrogen-bond acceptors (Lipinski definition) is 4. The molecule has 2 aromatic rings. The first-order valence-corrected chi connectivity index (χ1v) is 8.47. The molecule has 1 N–H and O–H groups in total. The first kappa shape index (κ1) is 14.8. The Balaban J connectivity index is 2.39. The molecule has 0 aliphatic rings. The Labute approximate surface area is 119 Å². The van der Waals surface area contributed by atoms with Gasteiger partial charge in [-0.15, -0.1) is 0 Å². The predicted octanol–water partition coefficient (Wildman–Crippen LogP) is 2.77. The van der Waals surface area contributed by atoms with Crippen LogP contribution in [-0.2, 0) is 9.84 Å². The van der Waals surface area contributed by atoms with Crippen molar-refractivity contribution >= 4 is 9.84 Å². The highest BCUT2D eigenvalue weighted by atomic mass is 32.2.